The van der Waals surface area contributed by atoms with Crippen LogP contribution in [0.2, 0.25) is 0 Å². The Labute approximate surface area is 217 Å². The van der Waals surface area contributed by atoms with Crippen molar-refractivity contribution >= 4 is 46.7 Å². The van der Waals surface area contributed by atoms with Crippen molar-refractivity contribution in [1.82, 2.24) is 10.6 Å². The molecule has 0 saturated heterocycles. The Hall–Kier alpha value is -2.77. The number of rotatable bonds is 14. The number of carbonyl (C=O) groups excluding carboxylic acids is 3. The van der Waals surface area contributed by atoms with E-state index >= 15 is 0 Å². The molecule has 0 spiro atoms. The molecule has 2 atom stereocenters. The first-order valence-electron chi connectivity index (χ1n) is 11.6. The Morgan fingerprint density at radius 3 is 1.97 bits per heavy atom. The minimum Gasteiger partial charge on any atom is -0.464 e. The molecule has 0 heterocycles. The third-order valence-electron chi connectivity index (χ3n) is 5.31. The van der Waals surface area contributed by atoms with Crippen molar-refractivity contribution in [2.24, 2.45) is 0 Å². The number of halogens is 2. The second-order valence-electron chi connectivity index (χ2n) is 7.99. The minimum atomic E-state index is -0.901. The number of nitrogens with one attached hydrogen (secondary N) is 2. The van der Waals surface area contributed by atoms with Crippen molar-refractivity contribution in [1.29, 1.82) is 0 Å². The molecule has 0 aliphatic rings. The van der Waals surface area contributed by atoms with E-state index in [9.17, 15) is 14.4 Å². The Bertz CT molecular complexity index is 935. The Balaban J connectivity index is 2.17. The maximum absolute atomic E-state index is 13.1. The molecule has 2 aromatic carbocycles. The highest BCUT2D eigenvalue weighted by atomic mass is 35.5. The predicted octanol–water partition coefficient (Wildman–Crippen LogP) is 3.31. The summed E-state index contributed by atoms with van der Waals surface area (Å²) in [5.41, 5.74) is 2.71. The van der Waals surface area contributed by atoms with E-state index in [1.807, 2.05) is 54.6 Å². The maximum atomic E-state index is 13.1. The van der Waals surface area contributed by atoms with Crippen LogP contribution in [-0.4, -0.2) is 61.3 Å². The van der Waals surface area contributed by atoms with E-state index in [4.69, 9.17) is 27.9 Å². The molecule has 7 nitrogen and oxygen atoms in total. The van der Waals surface area contributed by atoms with E-state index in [1.165, 1.54) is 6.92 Å². The fourth-order valence-electron chi connectivity index (χ4n) is 3.67. The first-order chi connectivity index (χ1) is 16.9. The summed E-state index contributed by atoms with van der Waals surface area (Å²) in [5, 5.41) is 5.46. The van der Waals surface area contributed by atoms with Gasteiger partial charge in [-0.1, -0.05) is 42.5 Å². The van der Waals surface area contributed by atoms with Crippen molar-refractivity contribution in [2.75, 3.05) is 36.4 Å². The fraction of sp³-hybridized carbons (Fsp3) is 0.423. The summed E-state index contributed by atoms with van der Waals surface area (Å²) >= 11 is 11.8. The second-order valence-corrected chi connectivity index (χ2v) is 8.75. The van der Waals surface area contributed by atoms with Crippen molar-refractivity contribution < 1.29 is 19.1 Å². The molecule has 0 aliphatic carbocycles. The molecule has 2 N–H and O–H groups in total. The summed E-state index contributed by atoms with van der Waals surface area (Å²) in [4.78, 5) is 39.6. The van der Waals surface area contributed by atoms with Gasteiger partial charge < -0.3 is 20.3 Å². The lowest BCUT2D eigenvalue weighted by Crippen LogP contribution is -2.53. The van der Waals surface area contributed by atoms with Gasteiger partial charge in [0, 0.05) is 50.3 Å². The average Bonchev–Trinajstić information content (AvgIpc) is 2.84. The van der Waals surface area contributed by atoms with Gasteiger partial charge in [0.05, 0.1) is 6.61 Å². The van der Waals surface area contributed by atoms with Crippen LogP contribution in [0, 0.1) is 0 Å². The number of nitrogens with zero attached hydrogens (tertiary/aromatic N) is 1. The molecule has 0 aromatic heterocycles. The fourth-order valence-corrected chi connectivity index (χ4v) is 4.07. The van der Waals surface area contributed by atoms with Crippen LogP contribution in [0.15, 0.2) is 54.6 Å². The molecule has 2 amide bonds. The summed E-state index contributed by atoms with van der Waals surface area (Å²) in [5.74, 6) is -0.351. The first-order valence-corrected chi connectivity index (χ1v) is 12.7. The summed E-state index contributed by atoms with van der Waals surface area (Å²) in [6, 6.07) is 15.3. The molecular weight excluding hydrogens is 489 g/mol. The zero-order chi connectivity index (χ0) is 25.6. The average molecular weight is 522 g/mol. The van der Waals surface area contributed by atoms with Crippen LogP contribution in [-0.2, 0) is 32.0 Å². The number of amides is 2. The maximum Gasteiger partial charge on any atom is 0.328 e. The molecule has 9 heteroatoms. The Kier molecular flexibility index (Phi) is 12.4. The molecule has 0 radical (unpaired) electrons. The summed E-state index contributed by atoms with van der Waals surface area (Å²) in [6.45, 7) is 4.59. The van der Waals surface area contributed by atoms with Gasteiger partial charge in [-0.25, -0.2) is 4.79 Å². The highest BCUT2D eigenvalue weighted by Gasteiger charge is 2.27. The molecule has 2 rings (SSSR count). The first kappa shape index (κ1) is 28.5. The SMILES string of the molecule is CCOC(=O)[C@H](Cc1ccc(N(CCCl)CCCl)cc1)NC(=O)[C@@H](Cc1ccccc1)NC(C)=O. The number of benzene rings is 2. The molecule has 35 heavy (non-hydrogen) atoms. The number of carbonyl (C=O) groups is 3. The Morgan fingerprint density at radius 1 is 0.857 bits per heavy atom. The predicted molar refractivity (Wildman–Crippen MR) is 140 cm³/mol. The van der Waals surface area contributed by atoms with Crippen LogP contribution in [0.25, 0.3) is 0 Å². The minimum absolute atomic E-state index is 0.190. The molecular formula is C26H33Cl2N3O4. The summed E-state index contributed by atoms with van der Waals surface area (Å²) in [6.07, 6.45) is 0.543. The van der Waals surface area contributed by atoms with Crippen molar-refractivity contribution in [2.45, 2.75) is 38.8 Å². The smallest absolute Gasteiger partial charge is 0.328 e. The molecule has 190 valence electrons. The van der Waals surface area contributed by atoms with Crippen LogP contribution < -0.4 is 15.5 Å². The molecule has 0 fully saturated rings. The number of anilines is 1. The van der Waals surface area contributed by atoms with Gasteiger partial charge in [0.1, 0.15) is 12.1 Å². The lowest BCUT2D eigenvalue weighted by atomic mass is 10.0. The number of alkyl halides is 2. The highest BCUT2D eigenvalue weighted by Crippen LogP contribution is 2.17. The highest BCUT2D eigenvalue weighted by molar-refractivity contribution is 6.18. The van der Waals surface area contributed by atoms with E-state index in [0.717, 1.165) is 16.8 Å². The third kappa shape index (κ3) is 9.78. The van der Waals surface area contributed by atoms with Gasteiger partial charge in [-0.05, 0) is 30.2 Å². The van der Waals surface area contributed by atoms with Crippen molar-refractivity contribution in [3.63, 3.8) is 0 Å². The molecule has 0 unspecified atom stereocenters. The standard InChI is InChI=1S/C26H33Cl2N3O4/c1-3-35-26(34)24(18-21-9-11-22(12-10-21)31(15-13-27)16-14-28)30-25(33)23(29-19(2)32)17-20-7-5-4-6-8-20/h4-12,23-24H,3,13-18H2,1-2H3,(H,29,32)(H,30,33)/t23-,24+/m1/s1. The zero-order valence-corrected chi connectivity index (χ0v) is 21.6. The number of ether oxygens (including phenoxy) is 1. The van der Waals surface area contributed by atoms with E-state index in [2.05, 4.69) is 15.5 Å². The summed E-state index contributed by atoms with van der Waals surface area (Å²) < 4.78 is 5.20. The van der Waals surface area contributed by atoms with Gasteiger partial charge in [-0.2, -0.15) is 0 Å². The van der Waals surface area contributed by atoms with E-state index in [0.29, 0.717) is 31.3 Å². The number of hydrogen-bond acceptors (Lipinski definition) is 5. The lowest BCUT2D eigenvalue weighted by molar-refractivity contribution is -0.147. The van der Waals surface area contributed by atoms with Gasteiger partial charge in [0.15, 0.2) is 0 Å². The van der Waals surface area contributed by atoms with Crippen LogP contribution in [0.3, 0.4) is 0 Å². The third-order valence-corrected chi connectivity index (χ3v) is 5.65. The largest absolute Gasteiger partial charge is 0.464 e. The summed E-state index contributed by atoms with van der Waals surface area (Å²) in [7, 11) is 0. The lowest BCUT2D eigenvalue weighted by Gasteiger charge is -2.24. The second kappa shape index (κ2) is 15.3. The zero-order valence-electron chi connectivity index (χ0n) is 20.1. The van der Waals surface area contributed by atoms with Gasteiger partial charge >= 0.3 is 5.97 Å². The number of hydrogen-bond donors (Lipinski definition) is 2. The van der Waals surface area contributed by atoms with E-state index in [1.54, 1.807) is 6.92 Å². The Morgan fingerprint density at radius 2 is 1.43 bits per heavy atom. The van der Waals surface area contributed by atoms with Gasteiger partial charge in [-0.15, -0.1) is 23.2 Å². The molecule has 2 aromatic rings. The normalized spacial score (nSPS) is 12.3. The monoisotopic (exact) mass is 521 g/mol. The number of esters is 1. The topological polar surface area (TPSA) is 87.7 Å². The van der Waals surface area contributed by atoms with Gasteiger partial charge in [0.2, 0.25) is 11.8 Å². The van der Waals surface area contributed by atoms with Crippen LogP contribution in [0.5, 0.6) is 0 Å². The quantitative estimate of drug-likeness (QED) is 0.294. The van der Waals surface area contributed by atoms with Crippen LogP contribution in [0.4, 0.5) is 5.69 Å². The molecule has 0 bridgehead atoms. The van der Waals surface area contributed by atoms with E-state index in [-0.39, 0.29) is 18.9 Å². The van der Waals surface area contributed by atoms with Gasteiger partial charge in [-0.3, -0.25) is 9.59 Å². The van der Waals surface area contributed by atoms with E-state index < -0.39 is 24.0 Å². The molecule has 0 saturated carbocycles. The molecule has 0 aliphatic heterocycles. The van der Waals surface area contributed by atoms with Crippen LogP contribution >= 0.6 is 23.2 Å². The van der Waals surface area contributed by atoms with Gasteiger partial charge in [0.25, 0.3) is 0 Å². The van der Waals surface area contributed by atoms with Crippen molar-refractivity contribution in [3.05, 3.63) is 65.7 Å². The van der Waals surface area contributed by atoms with Crippen LogP contribution in [0.1, 0.15) is 25.0 Å². The van der Waals surface area contributed by atoms with Crippen molar-refractivity contribution in [3.8, 4) is 0 Å².